The van der Waals surface area contributed by atoms with Crippen molar-refractivity contribution in [2.75, 3.05) is 13.0 Å². The molecule has 2 N–H and O–H groups in total. The molecule has 0 saturated heterocycles. The third-order valence-corrected chi connectivity index (χ3v) is 3.49. The summed E-state index contributed by atoms with van der Waals surface area (Å²) in [5.74, 6) is 6.71. The number of aryl methyl sites for hydroxylation is 1. The highest BCUT2D eigenvalue weighted by Gasteiger charge is 2.01. The van der Waals surface area contributed by atoms with Crippen molar-refractivity contribution in [1.29, 1.82) is 0 Å². The van der Waals surface area contributed by atoms with Gasteiger partial charge < -0.3 is 10.6 Å². The van der Waals surface area contributed by atoms with Crippen LogP contribution in [0.2, 0.25) is 0 Å². The fourth-order valence-corrected chi connectivity index (χ4v) is 2.16. The smallest absolute Gasteiger partial charge is 0.249 e. The van der Waals surface area contributed by atoms with E-state index >= 15 is 0 Å². The van der Waals surface area contributed by atoms with Gasteiger partial charge in [0.2, 0.25) is 5.62 Å². The van der Waals surface area contributed by atoms with Crippen LogP contribution < -0.4 is 16.2 Å². The number of nitrogens with zero attached hydrogens (tertiary/aromatic N) is 3. The Labute approximate surface area is 134 Å². The molecule has 1 aromatic heterocycles. The van der Waals surface area contributed by atoms with Gasteiger partial charge in [-0.2, -0.15) is 0 Å². The lowest BCUT2D eigenvalue weighted by atomic mass is 10.1. The van der Waals surface area contributed by atoms with E-state index in [9.17, 15) is 0 Å². The van der Waals surface area contributed by atoms with E-state index in [2.05, 4.69) is 29.0 Å². The Bertz CT molecular complexity index is 865. The molecule has 23 heavy (non-hydrogen) atoms. The molecule has 0 unspecified atom stereocenters. The van der Waals surface area contributed by atoms with E-state index in [1.807, 2.05) is 42.5 Å². The number of nitrogen functional groups attached to an aromatic ring is 1. The summed E-state index contributed by atoms with van der Waals surface area (Å²) in [6.07, 6.45) is 1.75. The van der Waals surface area contributed by atoms with Gasteiger partial charge in [0.25, 0.3) is 0 Å². The van der Waals surface area contributed by atoms with Crippen molar-refractivity contribution in [2.24, 2.45) is 4.99 Å². The van der Waals surface area contributed by atoms with Crippen LogP contribution >= 0.6 is 0 Å². The molecule has 5 nitrogen and oxygen atoms in total. The summed E-state index contributed by atoms with van der Waals surface area (Å²) in [4.78, 5) is 9.04. The Morgan fingerprint density at radius 1 is 1.00 bits per heavy atom. The quantitative estimate of drug-likeness (QED) is 0.757. The molecule has 0 aliphatic carbocycles. The minimum atomic E-state index is 0.438. The number of hydrogen-bond acceptors (Lipinski definition) is 4. The Morgan fingerprint density at radius 2 is 1.70 bits per heavy atom. The number of benzene rings is 2. The number of methoxy groups -OCH3 is 1. The molecular weight excluding hydrogens is 288 g/mol. The SMILES string of the molecule is COc1ccc(N=c2nc(-c3ccc(C)cc3)ccn2N)cc1. The van der Waals surface area contributed by atoms with E-state index < -0.39 is 0 Å². The van der Waals surface area contributed by atoms with E-state index in [-0.39, 0.29) is 0 Å². The number of hydrogen-bond donors (Lipinski definition) is 1. The summed E-state index contributed by atoms with van der Waals surface area (Å²) in [5, 5.41) is 0. The maximum absolute atomic E-state index is 5.93. The molecular formula is C18H18N4O. The van der Waals surface area contributed by atoms with Crippen LogP contribution in [0.4, 0.5) is 5.69 Å². The van der Waals surface area contributed by atoms with Crippen molar-refractivity contribution in [1.82, 2.24) is 9.66 Å². The zero-order valence-electron chi connectivity index (χ0n) is 13.1. The van der Waals surface area contributed by atoms with Crippen LogP contribution in [-0.2, 0) is 0 Å². The van der Waals surface area contributed by atoms with Gasteiger partial charge in [-0.15, -0.1) is 0 Å². The van der Waals surface area contributed by atoms with E-state index in [0.29, 0.717) is 5.62 Å². The van der Waals surface area contributed by atoms with Crippen molar-refractivity contribution < 1.29 is 4.74 Å². The third-order valence-electron chi connectivity index (χ3n) is 3.49. The van der Waals surface area contributed by atoms with Crippen LogP contribution in [0.25, 0.3) is 11.3 Å². The highest BCUT2D eigenvalue weighted by molar-refractivity contribution is 5.58. The Balaban J connectivity index is 2.02. The Morgan fingerprint density at radius 3 is 2.35 bits per heavy atom. The van der Waals surface area contributed by atoms with Gasteiger partial charge >= 0.3 is 0 Å². The van der Waals surface area contributed by atoms with Crippen LogP contribution in [0.15, 0.2) is 65.8 Å². The maximum Gasteiger partial charge on any atom is 0.249 e. The molecule has 0 fully saturated rings. The first-order valence-corrected chi connectivity index (χ1v) is 7.26. The predicted molar refractivity (Wildman–Crippen MR) is 90.8 cm³/mol. The molecule has 0 bridgehead atoms. The second kappa shape index (κ2) is 6.36. The minimum absolute atomic E-state index is 0.438. The van der Waals surface area contributed by atoms with E-state index in [4.69, 9.17) is 10.6 Å². The van der Waals surface area contributed by atoms with Crippen LogP contribution in [0.5, 0.6) is 5.75 Å². The van der Waals surface area contributed by atoms with Crippen LogP contribution in [0.1, 0.15) is 5.56 Å². The second-order valence-electron chi connectivity index (χ2n) is 5.20. The van der Waals surface area contributed by atoms with Crippen LogP contribution in [0.3, 0.4) is 0 Å². The maximum atomic E-state index is 5.93. The van der Waals surface area contributed by atoms with Gasteiger partial charge in [-0.25, -0.2) is 14.7 Å². The van der Waals surface area contributed by atoms with Crippen molar-refractivity contribution in [3.8, 4) is 17.0 Å². The summed E-state index contributed by atoms with van der Waals surface area (Å²) < 4.78 is 6.55. The van der Waals surface area contributed by atoms with Crippen molar-refractivity contribution in [2.45, 2.75) is 6.92 Å². The van der Waals surface area contributed by atoms with Gasteiger partial charge in [0.15, 0.2) is 0 Å². The number of aromatic nitrogens is 2. The van der Waals surface area contributed by atoms with Gasteiger partial charge in [0, 0.05) is 11.8 Å². The first-order valence-electron chi connectivity index (χ1n) is 7.26. The topological polar surface area (TPSA) is 65.4 Å². The van der Waals surface area contributed by atoms with Gasteiger partial charge in [-0.1, -0.05) is 29.8 Å². The van der Waals surface area contributed by atoms with Gasteiger partial charge in [0.1, 0.15) is 5.75 Å². The van der Waals surface area contributed by atoms with Crippen LogP contribution in [-0.4, -0.2) is 16.8 Å². The predicted octanol–water partition coefficient (Wildman–Crippen LogP) is 2.81. The summed E-state index contributed by atoms with van der Waals surface area (Å²) in [7, 11) is 1.63. The molecule has 0 amide bonds. The lowest BCUT2D eigenvalue weighted by Gasteiger charge is -2.05. The molecule has 0 spiro atoms. The number of nitrogens with two attached hydrogens (primary N) is 1. The molecule has 0 aliphatic heterocycles. The number of rotatable bonds is 3. The molecule has 0 aliphatic rings. The highest BCUT2D eigenvalue weighted by Crippen LogP contribution is 2.18. The summed E-state index contributed by atoms with van der Waals surface area (Å²) in [6, 6.07) is 17.5. The largest absolute Gasteiger partial charge is 0.497 e. The van der Waals surface area contributed by atoms with Gasteiger partial charge in [-0.05, 0) is 37.3 Å². The van der Waals surface area contributed by atoms with E-state index in [0.717, 1.165) is 22.7 Å². The molecule has 0 radical (unpaired) electrons. The van der Waals surface area contributed by atoms with Crippen molar-refractivity contribution in [3.05, 3.63) is 72.0 Å². The molecule has 3 aromatic rings. The van der Waals surface area contributed by atoms with Gasteiger partial charge in [-0.3, -0.25) is 0 Å². The summed E-state index contributed by atoms with van der Waals surface area (Å²) >= 11 is 0. The first kappa shape index (κ1) is 14.8. The Kier molecular flexibility index (Phi) is 4.10. The molecule has 3 rings (SSSR count). The third kappa shape index (κ3) is 3.40. The fraction of sp³-hybridized carbons (Fsp3) is 0.111. The normalized spacial score (nSPS) is 11.5. The molecule has 5 heteroatoms. The molecule has 0 saturated carbocycles. The van der Waals surface area contributed by atoms with E-state index in [1.165, 1.54) is 10.2 Å². The average Bonchev–Trinajstić information content (AvgIpc) is 2.58. The van der Waals surface area contributed by atoms with Crippen LogP contribution in [0, 0.1) is 6.92 Å². The summed E-state index contributed by atoms with van der Waals surface area (Å²) in [6.45, 7) is 2.06. The van der Waals surface area contributed by atoms with Crippen molar-refractivity contribution >= 4 is 5.69 Å². The lowest BCUT2D eigenvalue weighted by molar-refractivity contribution is 0.415. The molecule has 2 aromatic carbocycles. The number of ether oxygens (including phenoxy) is 1. The minimum Gasteiger partial charge on any atom is -0.497 e. The Hall–Kier alpha value is -3.08. The standard InChI is InChI=1S/C18H18N4O/c1-13-3-5-14(6-4-13)17-11-12-22(19)18(21-17)20-15-7-9-16(23-2)10-8-15/h3-12H,19H2,1-2H3. The molecule has 1 heterocycles. The molecule has 0 atom stereocenters. The fourth-order valence-electron chi connectivity index (χ4n) is 2.16. The average molecular weight is 306 g/mol. The van der Waals surface area contributed by atoms with E-state index in [1.54, 1.807) is 13.3 Å². The van der Waals surface area contributed by atoms with Crippen molar-refractivity contribution in [3.63, 3.8) is 0 Å². The zero-order valence-corrected chi connectivity index (χ0v) is 13.1. The molecule has 116 valence electrons. The highest BCUT2D eigenvalue weighted by atomic mass is 16.5. The first-order chi connectivity index (χ1) is 11.2. The lowest BCUT2D eigenvalue weighted by Crippen LogP contribution is -2.30. The summed E-state index contributed by atoms with van der Waals surface area (Å²) in [5.41, 5.74) is 4.27. The monoisotopic (exact) mass is 306 g/mol. The van der Waals surface area contributed by atoms with Gasteiger partial charge in [0.05, 0.1) is 18.5 Å². The zero-order chi connectivity index (χ0) is 16.2. The second-order valence-corrected chi connectivity index (χ2v) is 5.20.